The fraction of sp³-hybridized carbons (Fsp3) is 0.455. The molecule has 0 radical (unpaired) electrons. The average Bonchev–Trinajstić information content (AvgIpc) is 2.43. The van der Waals surface area contributed by atoms with Crippen LogP contribution in [0.2, 0.25) is 0 Å². The highest BCUT2D eigenvalue weighted by atomic mass is 32.1. The van der Waals surface area contributed by atoms with Crippen LogP contribution in [0.5, 0.6) is 0 Å². The highest BCUT2D eigenvalue weighted by Crippen LogP contribution is 2.27. The predicted molar refractivity (Wildman–Crippen MR) is 58.2 cm³/mol. The van der Waals surface area contributed by atoms with Crippen LogP contribution in [0.4, 0.5) is 0 Å². The number of aldehydes is 1. The van der Waals surface area contributed by atoms with Crippen molar-refractivity contribution >= 4 is 23.4 Å². The molecule has 76 valence electrons. The Morgan fingerprint density at radius 2 is 2.00 bits per heavy atom. The molecule has 0 fully saturated rings. The third-order valence-corrected chi connectivity index (χ3v) is 3.13. The molecule has 0 saturated carbocycles. The molecule has 0 bridgehead atoms. The molecule has 2 nitrogen and oxygen atoms in total. The number of Topliss-reactive ketones (excluding diaryl/α,β-unsaturated/α-hetero) is 1. The van der Waals surface area contributed by atoms with Crippen LogP contribution in [0.1, 0.15) is 45.7 Å². The van der Waals surface area contributed by atoms with Gasteiger partial charge in [-0.25, -0.2) is 0 Å². The highest BCUT2D eigenvalue weighted by Gasteiger charge is 2.24. The number of rotatable bonds is 2. The van der Waals surface area contributed by atoms with E-state index in [0.717, 1.165) is 11.8 Å². The van der Waals surface area contributed by atoms with E-state index >= 15 is 0 Å². The average molecular weight is 210 g/mol. The van der Waals surface area contributed by atoms with Crippen LogP contribution in [-0.4, -0.2) is 12.1 Å². The lowest BCUT2D eigenvalue weighted by atomic mass is 9.90. The van der Waals surface area contributed by atoms with Crippen LogP contribution >= 0.6 is 11.3 Å². The number of aryl methyl sites for hydroxylation is 1. The molecule has 14 heavy (non-hydrogen) atoms. The van der Waals surface area contributed by atoms with Crippen molar-refractivity contribution in [1.29, 1.82) is 0 Å². The Hall–Kier alpha value is -0.960. The third-order valence-electron chi connectivity index (χ3n) is 1.97. The summed E-state index contributed by atoms with van der Waals surface area (Å²) in [5.41, 5.74) is 0.509. The zero-order valence-corrected chi connectivity index (χ0v) is 9.70. The Balaban J connectivity index is 3.09. The Morgan fingerprint density at radius 1 is 1.43 bits per heavy atom. The SMILES string of the molecule is Cc1cc(C(=O)C(C)(C)C)sc1C=O. The van der Waals surface area contributed by atoms with Gasteiger partial charge >= 0.3 is 0 Å². The molecule has 0 saturated heterocycles. The van der Waals surface area contributed by atoms with Crippen LogP contribution in [0.25, 0.3) is 0 Å². The maximum atomic E-state index is 11.8. The monoisotopic (exact) mass is 210 g/mol. The van der Waals surface area contributed by atoms with Gasteiger partial charge in [-0.3, -0.25) is 9.59 Å². The molecule has 0 N–H and O–H groups in total. The van der Waals surface area contributed by atoms with Crippen LogP contribution in [0, 0.1) is 12.3 Å². The summed E-state index contributed by atoms with van der Waals surface area (Å²) < 4.78 is 0. The van der Waals surface area contributed by atoms with E-state index in [1.165, 1.54) is 11.3 Å². The molecule has 1 aromatic heterocycles. The van der Waals surface area contributed by atoms with Crippen molar-refractivity contribution in [2.75, 3.05) is 0 Å². The second-order valence-electron chi connectivity index (χ2n) is 4.35. The van der Waals surface area contributed by atoms with Gasteiger partial charge in [-0.1, -0.05) is 20.8 Å². The number of hydrogen-bond donors (Lipinski definition) is 0. The normalized spacial score (nSPS) is 11.4. The third kappa shape index (κ3) is 2.10. The summed E-state index contributed by atoms with van der Waals surface area (Å²) in [4.78, 5) is 23.8. The predicted octanol–water partition coefficient (Wildman–Crippen LogP) is 3.10. The molecular weight excluding hydrogens is 196 g/mol. The minimum absolute atomic E-state index is 0.0960. The van der Waals surface area contributed by atoms with Crippen LogP contribution in [-0.2, 0) is 0 Å². The molecule has 0 aliphatic rings. The van der Waals surface area contributed by atoms with Crippen molar-refractivity contribution in [3.05, 3.63) is 21.4 Å². The lowest BCUT2D eigenvalue weighted by molar-refractivity contribution is 0.0862. The number of ketones is 1. The van der Waals surface area contributed by atoms with Crippen molar-refractivity contribution in [3.63, 3.8) is 0 Å². The van der Waals surface area contributed by atoms with Crippen LogP contribution in [0.3, 0.4) is 0 Å². The van der Waals surface area contributed by atoms with Gasteiger partial charge in [0.15, 0.2) is 12.1 Å². The molecule has 0 aromatic carbocycles. The number of carbonyl (C=O) groups is 2. The Labute approximate surface area is 87.9 Å². The molecule has 0 aliphatic heterocycles. The van der Waals surface area contributed by atoms with E-state index in [9.17, 15) is 9.59 Å². The van der Waals surface area contributed by atoms with Crippen molar-refractivity contribution < 1.29 is 9.59 Å². The van der Waals surface area contributed by atoms with E-state index in [2.05, 4.69) is 0 Å². The van der Waals surface area contributed by atoms with Gasteiger partial charge in [-0.15, -0.1) is 11.3 Å². The summed E-state index contributed by atoms with van der Waals surface area (Å²) in [5.74, 6) is 0.0960. The number of thiophene rings is 1. The van der Waals surface area contributed by atoms with E-state index in [1.807, 2.05) is 27.7 Å². The standard InChI is InChI=1S/C11H14O2S/c1-7-5-8(14-9(7)6-12)10(13)11(2,3)4/h5-6H,1-4H3. The van der Waals surface area contributed by atoms with E-state index in [1.54, 1.807) is 6.07 Å². The van der Waals surface area contributed by atoms with Crippen molar-refractivity contribution in [3.8, 4) is 0 Å². The van der Waals surface area contributed by atoms with Gasteiger partial charge in [0.25, 0.3) is 0 Å². The summed E-state index contributed by atoms with van der Waals surface area (Å²) >= 11 is 1.28. The first-order valence-corrected chi connectivity index (χ1v) is 5.28. The number of carbonyl (C=O) groups excluding carboxylic acids is 2. The zero-order chi connectivity index (χ0) is 10.9. The van der Waals surface area contributed by atoms with E-state index < -0.39 is 0 Å². The molecule has 1 rings (SSSR count). The smallest absolute Gasteiger partial charge is 0.178 e. The summed E-state index contributed by atoms with van der Waals surface area (Å²) in [7, 11) is 0. The van der Waals surface area contributed by atoms with Crippen molar-refractivity contribution in [2.45, 2.75) is 27.7 Å². The van der Waals surface area contributed by atoms with Gasteiger partial charge in [-0.05, 0) is 18.6 Å². The maximum Gasteiger partial charge on any atom is 0.178 e. The maximum absolute atomic E-state index is 11.8. The van der Waals surface area contributed by atoms with Crippen molar-refractivity contribution in [2.24, 2.45) is 5.41 Å². The Morgan fingerprint density at radius 3 is 2.36 bits per heavy atom. The summed E-state index contributed by atoms with van der Waals surface area (Å²) in [6.45, 7) is 7.49. The molecule has 0 spiro atoms. The van der Waals surface area contributed by atoms with Crippen LogP contribution in [0.15, 0.2) is 6.07 Å². The van der Waals surface area contributed by atoms with Gasteiger partial charge in [0.05, 0.1) is 9.75 Å². The molecule has 1 aromatic rings. The molecule has 0 amide bonds. The van der Waals surface area contributed by atoms with E-state index in [0.29, 0.717) is 9.75 Å². The molecule has 0 unspecified atom stereocenters. The van der Waals surface area contributed by atoms with Crippen molar-refractivity contribution in [1.82, 2.24) is 0 Å². The lowest BCUT2D eigenvalue weighted by Gasteiger charge is -2.14. The zero-order valence-electron chi connectivity index (χ0n) is 8.88. The van der Waals surface area contributed by atoms with E-state index in [4.69, 9.17) is 0 Å². The number of hydrogen-bond acceptors (Lipinski definition) is 3. The van der Waals surface area contributed by atoms with Gasteiger partial charge < -0.3 is 0 Å². The summed E-state index contributed by atoms with van der Waals surface area (Å²) in [6.07, 6.45) is 0.805. The Bertz CT molecular complexity index is 369. The largest absolute Gasteiger partial charge is 0.297 e. The van der Waals surface area contributed by atoms with Gasteiger partial charge in [0, 0.05) is 5.41 Å². The summed E-state index contributed by atoms with van der Waals surface area (Å²) in [5, 5.41) is 0. The molecule has 0 aliphatic carbocycles. The molecule has 3 heteroatoms. The van der Waals surface area contributed by atoms with Gasteiger partial charge in [0.2, 0.25) is 0 Å². The highest BCUT2D eigenvalue weighted by molar-refractivity contribution is 7.15. The first-order chi connectivity index (χ1) is 6.36. The quantitative estimate of drug-likeness (QED) is 0.555. The molecule has 0 atom stereocenters. The first kappa shape index (κ1) is 11.1. The molecular formula is C11H14O2S. The summed E-state index contributed by atoms with van der Waals surface area (Å²) in [6, 6.07) is 1.79. The van der Waals surface area contributed by atoms with Gasteiger partial charge in [0.1, 0.15) is 0 Å². The first-order valence-electron chi connectivity index (χ1n) is 4.46. The van der Waals surface area contributed by atoms with Crippen LogP contribution < -0.4 is 0 Å². The van der Waals surface area contributed by atoms with E-state index in [-0.39, 0.29) is 11.2 Å². The minimum Gasteiger partial charge on any atom is -0.297 e. The molecule has 1 heterocycles. The fourth-order valence-corrected chi connectivity index (χ4v) is 2.23. The Kier molecular flexibility index (Phi) is 2.90. The minimum atomic E-state index is -0.378. The fourth-order valence-electron chi connectivity index (χ4n) is 1.09. The second-order valence-corrected chi connectivity index (χ2v) is 5.44. The van der Waals surface area contributed by atoms with Gasteiger partial charge in [-0.2, -0.15) is 0 Å². The lowest BCUT2D eigenvalue weighted by Crippen LogP contribution is -2.18. The second kappa shape index (κ2) is 3.65. The topological polar surface area (TPSA) is 34.1 Å².